The van der Waals surface area contributed by atoms with Crippen LogP contribution < -0.4 is 4.90 Å². The van der Waals surface area contributed by atoms with E-state index in [0.29, 0.717) is 19.7 Å². The van der Waals surface area contributed by atoms with Gasteiger partial charge in [-0.15, -0.1) is 0 Å². The van der Waals surface area contributed by atoms with Crippen molar-refractivity contribution < 1.29 is 9.13 Å². The summed E-state index contributed by atoms with van der Waals surface area (Å²) in [6, 6.07) is 0. The Balaban J connectivity index is 1.88. The van der Waals surface area contributed by atoms with Gasteiger partial charge in [-0.05, 0) is 24.4 Å². The zero-order chi connectivity index (χ0) is 11.2. The number of anilines is 1. The molecule has 0 aromatic carbocycles. The summed E-state index contributed by atoms with van der Waals surface area (Å²) < 4.78 is 19.2. The van der Waals surface area contributed by atoms with Gasteiger partial charge in [-0.1, -0.05) is 0 Å². The fraction of sp³-hybridized carbons (Fsp3) is 0.600. The van der Waals surface area contributed by atoms with Crippen LogP contribution in [0, 0.1) is 5.82 Å². The predicted molar refractivity (Wildman–Crippen MR) is 57.1 cm³/mol. The summed E-state index contributed by atoms with van der Waals surface area (Å²) in [4.78, 5) is 9.44. The highest BCUT2D eigenvalue weighted by atomic mass is 35.5. The van der Waals surface area contributed by atoms with E-state index in [1.165, 1.54) is 0 Å². The van der Waals surface area contributed by atoms with E-state index in [1.54, 1.807) is 0 Å². The van der Waals surface area contributed by atoms with Crippen LogP contribution in [0.5, 0.6) is 0 Å². The van der Waals surface area contributed by atoms with Gasteiger partial charge in [-0.3, -0.25) is 0 Å². The van der Waals surface area contributed by atoms with E-state index in [9.17, 15) is 4.39 Å². The van der Waals surface area contributed by atoms with Gasteiger partial charge in [0.1, 0.15) is 0 Å². The molecule has 86 valence electrons. The second-order valence-electron chi connectivity index (χ2n) is 4.26. The van der Waals surface area contributed by atoms with Crippen molar-refractivity contribution >= 4 is 17.4 Å². The normalized spacial score (nSPS) is 22.5. The Morgan fingerprint density at radius 3 is 3.06 bits per heavy atom. The highest BCUT2D eigenvalue weighted by Gasteiger charge is 2.48. The Kier molecular flexibility index (Phi) is 2.26. The molecule has 1 spiro atoms. The van der Waals surface area contributed by atoms with Crippen LogP contribution in [-0.4, -0.2) is 35.3 Å². The maximum absolute atomic E-state index is 13.6. The first-order chi connectivity index (χ1) is 7.69. The number of morpholine rings is 1. The van der Waals surface area contributed by atoms with Gasteiger partial charge in [0.05, 0.1) is 18.4 Å². The first-order valence-electron chi connectivity index (χ1n) is 5.26. The Bertz CT molecular complexity index is 425. The number of hydrogen-bond donors (Lipinski definition) is 0. The SMILES string of the molecule is Fc1cnc(Cl)nc1N1CCOC2(CC2)C1. The molecule has 1 aromatic rings. The Morgan fingerprint density at radius 2 is 2.31 bits per heavy atom. The lowest BCUT2D eigenvalue weighted by Gasteiger charge is -2.34. The number of nitrogens with zero attached hydrogens (tertiary/aromatic N) is 3. The number of halogens is 2. The maximum Gasteiger partial charge on any atom is 0.224 e. The molecule has 1 saturated carbocycles. The van der Waals surface area contributed by atoms with E-state index in [4.69, 9.17) is 16.3 Å². The molecule has 2 aliphatic rings. The average molecular weight is 244 g/mol. The molecule has 1 aliphatic heterocycles. The van der Waals surface area contributed by atoms with Crippen LogP contribution in [0.1, 0.15) is 12.8 Å². The summed E-state index contributed by atoms with van der Waals surface area (Å²) >= 11 is 5.68. The molecular formula is C10H11ClFN3O. The van der Waals surface area contributed by atoms with E-state index in [2.05, 4.69) is 9.97 Å². The molecule has 4 nitrogen and oxygen atoms in total. The lowest BCUT2D eigenvalue weighted by molar-refractivity contribution is 0.0201. The van der Waals surface area contributed by atoms with E-state index in [0.717, 1.165) is 19.0 Å². The topological polar surface area (TPSA) is 38.2 Å². The van der Waals surface area contributed by atoms with Crippen molar-refractivity contribution in [2.24, 2.45) is 0 Å². The summed E-state index contributed by atoms with van der Waals surface area (Å²) in [5.74, 6) is -0.142. The number of rotatable bonds is 1. The first-order valence-corrected chi connectivity index (χ1v) is 5.63. The highest BCUT2D eigenvalue weighted by molar-refractivity contribution is 6.28. The smallest absolute Gasteiger partial charge is 0.224 e. The van der Waals surface area contributed by atoms with Gasteiger partial charge in [0.25, 0.3) is 0 Å². The molecule has 0 radical (unpaired) electrons. The summed E-state index contributed by atoms with van der Waals surface area (Å²) in [7, 11) is 0. The minimum Gasteiger partial charge on any atom is -0.371 e. The summed E-state index contributed by atoms with van der Waals surface area (Å²) in [5.41, 5.74) is -0.0535. The van der Waals surface area contributed by atoms with Crippen LogP contribution >= 0.6 is 11.6 Å². The minimum atomic E-state index is -0.429. The molecule has 0 unspecified atom stereocenters. The largest absolute Gasteiger partial charge is 0.371 e. The Labute approximate surface area is 97.4 Å². The molecule has 2 heterocycles. The van der Waals surface area contributed by atoms with Crippen LogP contribution in [0.3, 0.4) is 0 Å². The third kappa shape index (κ3) is 1.74. The van der Waals surface area contributed by atoms with Crippen molar-refractivity contribution in [3.05, 3.63) is 17.3 Å². The standard InChI is InChI=1S/C10H11ClFN3O/c11-9-13-5-7(12)8(14-9)15-3-4-16-10(6-15)1-2-10/h5H,1-4,6H2. The lowest BCUT2D eigenvalue weighted by atomic mass is 10.2. The van der Waals surface area contributed by atoms with E-state index >= 15 is 0 Å². The summed E-state index contributed by atoms with van der Waals surface area (Å²) in [5, 5.41) is 0.0766. The van der Waals surface area contributed by atoms with Gasteiger partial charge in [0.15, 0.2) is 11.6 Å². The van der Waals surface area contributed by atoms with E-state index < -0.39 is 5.82 Å². The lowest BCUT2D eigenvalue weighted by Crippen LogP contribution is -2.44. The zero-order valence-corrected chi connectivity index (χ0v) is 9.37. The second-order valence-corrected chi connectivity index (χ2v) is 4.60. The van der Waals surface area contributed by atoms with Crippen molar-refractivity contribution in [2.75, 3.05) is 24.6 Å². The van der Waals surface area contributed by atoms with Crippen molar-refractivity contribution in [3.8, 4) is 0 Å². The van der Waals surface area contributed by atoms with Gasteiger partial charge < -0.3 is 9.64 Å². The minimum absolute atomic E-state index is 0.0535. The van der Waals surface area contributed by atoms with Crippen molar-refractivity contribution in [1.29, 1.82) is 0 Å². The second kappa shape index (κ2) is 3.53. The van der Waals surface area contributed by atoms with Crippen LogP contribution in [0.4, 0.5) is 10.2 Å². The predicted octanol–water partition coefficient (Wildman–Crippen LogP) is 1.64. The summed E-state index contributed by atoms with van der Waals surface area (Å²) in [6.07, 6.45) is 3.20. The van der Waals surface area contributed by atoms with Gasteiger partial charge in [0.2, 0.25) is 5.28 Å². The average Bonchev–Trinajstić information content (AvgIpc) is 3.01. The van der Waals surface area contributed by atoms with Crippen molar-refractivity contribution in [1.82, 2.24) is 9.97 Å². The molecule has 2 fully saturated rings. The molecule has 16 heavy (non-hydrogen) atoms. The number of hydrogen-bond acceptors (Lipinski definition) is 4. The van der Waals surface area contributed by atoms with E-state index in [-0.39, 0.29) is 16.7 Å². The molecule has 1 aliphatic carbocycles. The molecule has 0 bridgehead atoms. The Hall–Kier alpha value is -0.940. The van der Waals surface area contributed by atoms with Gasteiger partial charge in [0, 0.05) is 13.1 Å². The number of aromatic nitrogens is 2. The van der Waals surface area contributed by atoms with Gasteiger partial charge in [-0.2, -0.15) is 4.98 Å². The van der Waals surface area contributed by atoms with Crippen molar-refractivity contribution in [3.63, 3.8) is 0 Å². The fourth-order valence-electron chi connectivity index (χ4n) is 2.03. The molecular weight excluding hydrogens is 233 g/mol. The fourth-order valence-corrected chi connectivity index (χ4v) is 2.16. The monoisotopic (exact) mass is 243 g/mol. The van der Waals surface area contributed by atoms with Crippen LogP contribution in [-0.2, 0) is 4.74 Å². The van der Waals surface area contributed by atoms with Gasteiger partial charge >= 0.3 is 0 Å². The Morgan fingerprint density at radius 1 is 1.50 bits per heavy atom. The molecule has 3 rings (SSSR count). The third-order valence-electron chi connectivity index (χ3n) is 3.05. The van der Waals surface area contributed by atoms with Crippen LogP contribution in [0.2, 0.25) is 5.28 Å². The van der Waals surface area contributed by atoms with Crippen molar-refractivity contribution in [2.45, 2.75) is 18.4 Å². The first kappa shape index (κ1) is 10.2. The molecule has 0 N–H and O–H groups in total. The molecule has 1 saturated heterocycles. The van der Waals surface area contributed by atoms with Crippen LogP contribution in [0.15, 0.2) is 6.20 Å². The third-order valence-corrected chi connectivity index (χ3v) is 3.23. The van der Waals surface area contributed by atoms with Gasteiger partial charge in [-0.25, -0.2) is 9.37 Å². The molecule has 1 aromatic heterocycles. The number of ether oxygens (including phenoxy) is 1. The summed E-state index contributed by atoms with van der Waals surface area (Å²) in [6.45, 7) is 1.95. The molecule has 0 atom stereocenters. The quantitative estimate of drug-likeness (QED) is 0.703. The van der Waals surface area contributed by atoms with E-state index in [1.807, 2.05) is 4.90 Å². The molecule has 0 amide bonds. The van der Waals surface area contributed by atoms with Crippen LogP contribution in [0.25, 0.3) is 0 Å². The highest BCUT2D eigenvalue weighted by Crippen LogP contribution is 2.42. The maximum atomic E-state index is 13.6. The zero-order valence-electron chi connectivity index (χ0n) is 8.62. The molecule has 6 heteroatoms.